The summed E-state index contributed by atoms with van der Waals surface area (Å²) < 4.78 is 5.19. The van der Waals surface area contributed by atoms with Gasteiger partial charge in [0, 0.05) is 30.9 Å². The second-order valence-corrected chi connectivity index (χ2v) is 4.98. The van der Waals surface area contributed by atoms with E-state index in [9.17, 15) is 0 Å². The lowest BCUT2D eigenvalue weighted by Gasteiger charge is -2.36. The standard InChI is InChI=1S/C13H22N4O/c1-9-8-12(18-3)16-13(15-9)17(2)11-7-5-4-6-10(11)14/h8,10-11H,4-7,14H2,1-3H3. The van der Waals surface area contributed by atoms with Gasteiger partial charge in [0.05, 0.1) is 7.11 Å². The minimum atomic E-state index is 0.207. The Balaban J connectivity index is 2.21. The molecule has 0 bridgehead atoms. The first-order chi connectivity index (χ1) is 8.61. The van der Waals surface area contributed by atoms with Crippen LogP contribution in [-0.4, -0.2) is 36.2 Å². The molecule has 1 aliphatic carbocycles. The summed E-state index contributed by atoms with van der Waals surface area (Å²) in [5.41, 5.74) is 7.11. The molecule has 0 spiro atoms. The lowest BCUT2D eigenvalue weighted by Crippen LogP contribution is -2.48. The molecule has 100 valence electrons. The number of nitrogens with zero attached hydrogens (tertiary/aromatic N) is 3. The van der Waals surface area contributed by atoms with Crippen molar-refractivity contribution in [2.75, 3.05) is 19.1 Å². The molecule has 1 aliphatic rings. The number of hydrogen-bond donors (Lipinski definition) is 1. The van der Waals surface area contributed by atoms with Gasteiger partial charge in [0.1, 0.15) is 0 Å². The van der Waals surface area contributed by atoms with Crippen LogP contribution in [0.2, 0.25) is 0 Å². The minimum Gasteiger partial charge on any atom is -0.481 e. The molecular weight excluding hydrogens is 228 g/mol. The van der Waals surface area contributed by atoms with E-state index in [1.54, 1.807) is 7.11 Å². The van der Waals surface area contributed by atoms with Gasteiger partial charge in [-0.3, -0.25) is 0 Å². The fourth-order valence-corrected chi connectivity index (χ4v) is 2.56. The lowest BCUT2D eigenvalue weighted by atomic mass is 9.90. The van der Waals surface area contributed by atoms with E-state index in [1.807, 2.05) is 20.0 Å². The highest BCUT2D eigenvalue weighted by molar-refractivity contribution is 5.35. The molecule has 1 saturated carbocycles. The van der Waals surface area contributed by atoms with Gasteiger partial charge < -0.3 is 15.4 Å². The largest absolute Gasteiger partial charge is 0.481 e. The van der Waals surface area contributed by atoms with Crippen molar-refractivity contribution < 1.29 is 4.74 Å². The van der Waals surface area contributed by atoms with Crippen LogP contribution in [0.3, 0.4) is 0 Å². The molecule has 1 aromatic rings. The van der Waals surface area contributed by atoms with Crippen LogP contribution in [0.1, 0.15) is 31.4 Å². The van der Waals surface area contributed by atoms with E-state index in [-0.39, 0.29) is 6.04 Å². The maximum atomic E-state index is 6.20. The molecule has 5 heteroatoms. The molecule has 1 fully saturated rings. The average molecular weight is 250 g/mol. The lowest BCUT2D eigenvalue weighted by molar-refractivity contribution is 0.366. The van der Waals surface area contributed by atoms with E-state index in [1.165, 1.54) is 12.8 Å². The SMILES string of the molecule is COc1cc(C)nc(N(C)C2CCCCC2N)n1. The summed E-state index contributed by atoms with van der Waals surface area (Å²) in [6.45, 7) is 1.95. The van der Waals surface area contributed by atoms with Gasteiger partial charge in [-0.15, -0.1) is 0 Å². The van der Waals surface area contributed by atoms with Crippen LogP contribution in [0.4, 0.5) is 5.95 Å². The van der Waals surface area contributed by atoms with Crippen molar-refractivity contribution in [3.05, 3.63) is 11.8 Å². The zero-order valence-corrected chi connectivity index (χ0v) is 11.4. The zero-order valence-electron chi connectivity index (χ0n) is 11.4. The van der Waals surface area contributed by atoms with Crippen molar-refractivity contribution in [1.82, 2.24) is 9.97 Å². The summed E-state index contributed by atoms with van der Waals surface area (Å²) >= 11 is 0. The number of likely N-dealkylation sites (N-methyl/N-ethyl adjacent to an activating group) is 1. The van der Waals surface area contributed by atoms with Crippen LogP contribution in [0.25, 0.3) is 0 Å². The maximum absolute atomic E-state index is 6.20. The molecule has 1 heterocycles. The van der Waals surface area contributed by atoms with Gasteiger partial charge in [0.2, 0.25) is 11.8 Å². The number of aromatic nitrogens is 2. The van der Waals surface area contributed by atoms with Crippen molar-refractivity contribution in [2.24, 2.45) is 5.73 Å². The number of aryl methyl sites for hydroxylation is 1. The maximum Gasteiger partial charge on any atom is 0.228 e. The summed E-state index contributed by atoms with van der Waals surface area (Å²) in [6, 6.07) is 2.36. The van der Waals surface area contributed by atoms with Crippen LogP contribution in [-0.2, 0) is 0 Å². The van der Waals surface area contributed by atoms with Crippen molar-refractivity contribution in [2.45, 2.75) is 44.7 Å². The monoisotopic (exact) mass is 250 g/mol. The van der Waals surface area contributed by atoms with Gasteiger partial charge in [0.25, 0.3) is 0 Å². The molecule has 0 radical (unpaired) electrons. The van der Waals surface area contributed by atoms with Gasteiger partial charge >= 0.3 is 0 Å². The van der Waals surface area contributed by atoms with Crippen LogP contribution in [0, 0.1) is 6.92 Å². The molecule has 0 aromatic carbocycles. The number of anilines is 1. The fraction of sp³-hybridized carbons (Fsp3) is 0.692. The van der Waals surface area contributed by atoms with Crippen LogP contribution in [0.15, 0.2) is 6.07 Å². The van der Waals surface area contributed by atoms with E-state index in [2.05, 4.69) is 14.9 Å². The van der Waals surface area contributed by atoms with Gasteiger partial charge in [-0.1, -0.05) is 12.8 Å². The summed E-state index contributed by atoms with van der Waals surface area (Å²) in [5.74, 6) is 1.31. The van der Waals surface area contributed by atoms with Crippen molar-refractivity contribution in [3.8, 4) is 5.88 Å². The zero-order chi connectivity index (χ0) is 13.1. The van der Waals surface area contributed by atoms with Crippen molar-refractivity contribution >= 4 is 5.95 Å². The van der Waals surface area contributed by atoms with Gasteiger partial charge in [-0.05, 0) is 19.8 Å². The Morgan fingerprint density at radius 1 is 1.33 bits per heavy atom. The molecule has 0 saturated heterocycles. The number of rotatable bonds is 3. The Morgan fingerprint density at radius 3 is 2.72 bits per heavy atom. The third-order valence-electron chi connectivity index (χ3n) is 3.62. The summed E-state index contributed by atoms with van der Waals surface area (Å²) in [6.07, 6.45) is 4.64. The molecule has 2 rings (SSSR count). The van der Waals surface area contributed by atoms with Crippen molar-refractivity contribution in [3.63, 3.8) is 0 Å². The first-order valence-electron chi connectivity index (χ1n) is 6.50. The Labute approximate surface area is 108 Å². The van der Waals surface area contributed by atoms with Gasteiger partial charge in [-0.25, -0.2) is 4.98 Å². The number of nitrogens with two attached hydrogens (primary N) is 1. The Morgan fingerprint density at radius 2 is 2.06 bits per heavy atom. The van der Waals surface area contributed by atoms with Crippen LogP contribution >= 0.6 is 0 Å². The Hall–Kier alpha value is -1.36. The predicted molar refractivity (Wildman–Crippen MR) is 72.0 cm³/mol. The second kappa shape index (κ2) is 5.52. The summed E-state index contributed by atoms with van der Waals surface area (Å²) in [7, 11) is 3.64. The summed E-state index contributed by atoms with van der Waals surface area (Å²) in [5, 5.41) is 0. The van der Waals surface area contributed by atoms with E-state index in [0.29, 0.717) is 17.9 Å². The molecule has 18 heavy (non-hydrogen) atoms. The second-order valence-electron chi connectivity index (χ2n) is 4.98. The molecule has 0 aliphatic heterocycles. The van der Waals surface area contributed by atoms with E-state index in [0.717, 1.165) is 18.5 Å². The first-order valence-corrected chi connectivity index (χ1v) is 6.50. The molecule has 1 aromatic heterocycles. The van der Waals surface area contributed by atoms with Gasteiger partial charge in [-0.2, -0.15) is 4.98 Å². The van der Waals surface area contributed by atoms with E-state index < -0.39 is 0 Å². The van der Waals surface area contributed by atoms with E-state index >= 15 is 0 Å². The first kappa shape index (κ1) is 13.1. The predicted octanol–water partition coefficient (Wildman–Crippen LogP) is 1.50. The highest BCUT2D eigenvalue weighted by atomic mass is 16.5. The number of methoxy groups -OCH3 is 1. The number of ether oxygens (including phenoxy) is 1. The number of hydrogen-bond acceptors (Lipinski definition) is 5. The Kier molecular flexibility index (Phi) is 4.01. The average Bonchev–Trinajstić information content (AvgIpc) is 2.37. The molecule has 0 amide bonds. The molecule has 2 N–H and O–H groups in total. The highest BCUT2D eigenvalue weighted by Gasteiger charge is 2.27. The normalized spacial score (nSPS) is 23.8. The topological polar surface area (TPSA) is 64.3 Å². The third kappa shape index (κ3) is 2.72. The van der Waals surface area contributed by atoms with Crippen LogP contribution in [0.5, 0.6) is 5.88 Å². The van der Waals surface area contributed by atoms with Crippen molar-refractivity contribution in [1.29, 1.82) is 0 Å². The third-order valence-corrected chi connectivity index (χ3v) is 3.62. The molecule has 2 atom stereocenters. The molecular formula is C13H22N4O. The molecule has 2 unspecified atom stereocenters. The Bertz CT molecular complexity index is 410. The molecule has 5 nitrogen and oxygen atoms in total. The van der Waals surface area contributed by atoms with E-state index in [4.69, 9.17) is 10.5 Å². The smallest absolute Gasteiger partial charge is 0.228 e. The fourth-order valence-electron chi connectivity index (χ4n) is 2.56. The summed E-state index contributed by atoms with van der Waals surface area (Å²) in [4.78, 5) is 11.0. The quantitative estimate of drug-likeness (QED) is 0.880. The highest BCUT2D eigenvalue weighted by Crippen LogP contribution is 2.24. The van der Waals surface area contributed by atoms with Gasteiger partial charge in [0.15, 0.2) is 0 Å². The van der Waals surface area contributed by atoms with Crippen LogP contribution < -0.4 is 15.4 Å². The minimum absolute atomic E-state index is 0.207.